The Morgan fingerprint density at radius 3 is 2.56 bits per heavy atom. The maximum absolute atomic E-state index is 12.3. The van der Waals surface area contributed by atoms with E-state index in [0.29, 0.717) is 11.3 Å². The van der Waals surface area contributed by atoms with E-state index in [4.69, 9.17) is 16.3 Å². The third-order valence-electron chi connectivity index (χ3n) is 3.31. The summed E-state index contributed by atoms with van der Waals surface area (Å²) >= 11 is 9.42. The van der Waals surface area contributed by atoms with Crippen molar-refractivity contribution in [3.63, 3.8) is 0 Å². The van der Waals surface area contributed by atoms with Crippen molar-refractivity contribution in [2.75, 3.05) is 19.0 Å². The Labute approximate surface area is 169 Å². The third kappa shape index (κ3) is 6.13. The highest BCUT2D eigenvalue weighted by atomic mass is 79.9. The van der Waals surface area contributed by atoms with Crippen LogP contribution >= 0.6 is 27.5 Å². The zero-order valence-electron chi connectivity index (χ0n) is 14.2. The molecule has 0 saturated carbocycles. The summed E-state index contributed by atoms with van der Waals surface area (Å²) in [5.41, 5.74) is 1.01. The van der Waals surface area contributed by atoms with Crippen LogP contribution in [0.15, 0.2) is 52.5 Å². The van der Waals surface area contributed by atoms with Crippen LogP contribution in [0.25, 0.3) is 6.08 Å². The molecule has 1 N–H and O–H groups in total. The lowest BCUT2D eigenvalue weighted by Crippen LogP contribution is -2.13. The second-order valence-electron chi connectivity index (χ2n) is 5.19. The number of nitriles is 1. The predicted octanol–water partition coefficient (Wildman–Crippen LogP) is 4.20. The van der Waals surface area contributed by atoms with Crippen LogP contribution in [0.4, 0.5) is 5.69 Å². The molecule has 0 bridgehead atoms. The SMILES string of the molecule is COC(=O)COc1ccc(/C=C(\C#N)C(=O)Nc2ccc(Br)cc2)cc1Cl. The number of hydrogen-bond donors (Lipinski definition) is 1. The van der Waals surface area contributed by atoms with Crippen molar-refractivity contribution >= 4 is 51.2 Å². The topological polar surface area (TPSA) is 88.4 Å². The Bertz CT molecular complexity index is 920. The van der Waals surface area contributed by atoms with Gasteiger partial charge in [-0.25, -0.2) is 4.79 Å². The largest absolute Gasteiger partial charge is 0.480 e. The molecule has 8 heteroatoms. The number of carbonyl (C=O) groups excluding carboxylic acids is 2. The van der Waals surface area contributed by atoms with Gasteiger partial charge in [-0.1, -0.05) is 33.6 Å². The first-order chi connectivity index (χ1) is 12.9. The van der Waals surface area contributed by atoms with Crippen molar-refractivity contribution < 1.29 is 19.1 Å². The highest BCUT2D eigenvalue weighted by molar-refractivity contribution is 9.10. The van der Waals surface area contributed by atoms with Gasteiger partial charge in [0, 0.05) is 10.2 Å². The first-order valence-corrected chi connectivity index (χ1v) is 8.78. The van der Waals surface area contributed by atoms with Gasteiger partial charge in [-0.3, -0.25) is 4.79 Å². The van der Waals surface area contributed by atoms with Crippen molar-refractivity contribution in [3.05, 3.63) is 63.1 Å². The lowest BCUT2D eigenvalue weighted by Gasteiger charge is -2.08. The second-order valence-corrected chi connectivity index (χ2v) is 6.51. The van der Waals surface area contributed by atoms with Crippen LogP contribution in [0.2, 0.25) is 5.02 Å². The molecule has 0 radical (unpaired) electrons. The molecule has 0 unspecified atom stereocenters. The Balaban J connectivity index is 2.13. The summed E-state index contributed by atoms with van der Waals surface area (Å²) in [7, 11) is 1.25. The minimum Gasteiger partial charge on any atom is -0.480 e. The zero-order valence-corrected chi connectivity index (χ0v) is 16.5. The van der Waals surface area contributed by atoms with Crippen molar-refractivity contribution in [2.24, 2.45) is 0 Å². The molecule has 0 atom stereocenters. The molecular formula is C19H14BrClN2O4. The fourth-order valence-electron chi connectivity index (χ4n) is 1.97. The fraction of sp³-hybridized carbons (Fsp3) is 0.105. The molecule has 6 nitrogen and oxygen atoms in total. The first kappa shape index (κ1) is 20.5. The van der Waals surface area contributed by atoms with E-state index in [1.807, 2.05) is 6.07 Å². The van der Waals surface area contributed by atoms with Gasteiger partial charge in [0.15, 0.2) is 6.61 Å². The average Bonchev–Trinajstić information content (AvgIpc) is 2.66. The molecule has 0 fully saturated rings. The van der Waals surface area contributed by atoms with E-state index in [1.54, 1.807) is 36.4 Å². The molecule has 0 aliphatic rings. The number of anilines is 1. The van der Waals surface area contributed by atoms with Gasteiger partial charge in [0.1, 0.15) is 17.4 Å². The number of halogens is 2. The van der Waals surface area contributed by atoms with E-state index < -0.39 is 11.9 Å². The first-order valence-electron chi connectivity index (χ1n) is 7.61. The fourth-order valence-corrected chi connectivity index (χ4v) is 2.47. The van der Waals surface area contributed by atoms with Crippen molar-refractivity contribution in [1.29, 1.82) is 5.26 Å². The molecule has 2 aromatic carbocycles. The third-order valence-corrected chi connectivity index (χ3v) is 4.13. The van der Waals surface area contributed by atoms with E-state index in [-0.39, 0.29) is 23.0 Å². The molecule has 0 spiro atoms. The van der Waals surface area contributed by atoms with Gasteiger partial charge in [0.05, 0.1) is 12.1 Å². The number of ether oxygens (including phenoxy) is 2. The summed E-state index contributed by atoms with van der Waals surface area (Å²) < 4.78 is 10.6. The molecule has 1 amide bonds. The summed E-state index contributed by atoms with van der Waals surface area (Å²) in [4.78, 5) is 23.4. The summed E-state index contributed by atoms with van der Waals surface area (Å²) in [6, 6.07) is 13.5. The van der Waals surface area contributed by atoms with Gasteiger partial charge >= 0.3 is 5.97 Å². The minimum atomic E-state index is -0.540. The number of hydrogen-bond acceptors (Lipinski definition) is 5. The number of methoxy groups -OCH3 is 1. The van der Waals surface area contributed by atoms with Crippen LogP contribution in [-0.2, 0) is 14.3 Å². The molecule has 0 heterocycles. The summed E-state index contributed by atoms with van der Waals surface area (Å²) in [5, 5.41) is 12.2. The Morgan fingerprint density at radius 1 is 1.26 bits per heavy atom. The van der Waals surface area contributed by atoms with Gasteiger partial charge in [-0.05, 0) is 48.0 Å². The normalized spacial score (nSPS) is 10.7. The number of nitrogens with one attached hydrogen (secondary N) is 1. The number of carbonyl (C=O) groups is 2. The predicted molar refractivity (Wildman–Crippen MR) is 105 cm³/mol. The van der Waals surface area contributed by atoms with Crippen LogP contribution in [0, 0.1) is 11.3 Å². The molecule has 2 rings (SSSR count). The van der Waals surface area contributed by atoms with Gasteiger partial charge in [-0.15, -0.1) is 0 Å². The average molecular weight is 450 g/mol. The van der Waals surface area contributed by atoms with Gasteiger partial charge < -0.3 is 14.8 Å². The number of amides is 1. The molecule has 0 aliphatic carbocycles. The molecule has 27 heavy (non-hydrogen) atoms. The van der Waals surface area contributed by atoms with E-state index in [1.165, 1.54) is 19.3 Å². The van der Waals surface area contributed by atoms with Crippen LogP contribution in [0.5, 0.6) is 5.75 Å². The minimum absolute atomic E-state index is 0.0859. The molecule has 138 valence electrons. The second kappa shape index (κ2) is 9.76. The molecule has 0 aromatic heterocycles. The summed E-state index contributed by atoms with van der Waals surface area (Å²) in [6.45, 7) is -0.273. The van der Waals surface area contributed by atoms with Gasteiger partial charge in [0.25, 0.3) is 5.91 Å². The maximum Gasteiger partial charge on any atom is 0.343 e. The van der Waals surface area contributed by atoms with Crippen LogP contribution in [-0.4, -0.2) is 25.6 Å². The maximum atomic E-state index is 12.3. The highest BCUT2D eigenvalue weighted by Crippen LogP contribution is 2.26. The number of rotatable bonds is 6. The number of nitrogens with zero attached hydrogens (tertiary/aromatic N) is 1. The molecule has 0 saturated heterocycles. The number of benzene rings is 2. The van der Waals surface area contributed by atoms with E-state index >= 15 is 0 Å². The summed E-state index contributed by atoms with van der Waals surface area (Å²) in [6.07, 6.45) is 1.41. The molecule has 0 aliphatic heterocycles. The van der Waals surface area contributed by atoms with E-state index in [9.17, 15) is 14.9 Å². The van der Waals surface area contributed by atoms with Crippen LogP contribution in [0.1, 0.15) is 5.56 Å². The standard InChI is InChI=1S/C19H14BrClN2O4/c1-26-18(24)11-27-17-7-2-12(9-16(17)21)8-13(10-22)19(25)23-15-5-3-14(20)4-6-15/h2-9H,11H2,1H3,(H,23,25)/b13-8+. The lowest BCUT2D eigenvalue weighted by molar-refractivity contribution is -0.142. The molecular weight excluding hydrogens is 436 g/mol. The Kier molecular flexibility index (Phi) is 7.41. The van der Waals surface area contributed by atoms with Crippen molar-refractivity contribution in [2.45, 2.75) is 0 Å². The van der Waals surface area contributed by atoms with Crippen LogP contribution < -0.4 is 10.1 Å². The van der Waals surface area contributed by atoms with E-state index in [2.05, 4.69) is 26.0 Å². The smallest absolute Gasteiger partial charge is 0.343 e. The Hall–Kier alpha value is -2.82. The van der Waals surface area contributed by atoms with E-state index in [0.717, 1.165) is 4.47 Å². The van der Waals surface area contributed by atoms with Crippen molar-refractivity contribution in [3.8, 4) is 11.8 Å². The van der Waals surface area contributed by atoms with Gasteiger partial charge in [-0.2, -0.15) is 5.26 Å². The summed E-state index contributed by atoms with van der Waals surface area (Å²) in [5.74, 6) is -0.787. The highest BCUT2D eigenvalue weighted by Gasteiger charge is 2.11. The van der Waals surface area contributed by atoms with Crippen molar-refractivity contribution in [1.82, 2.24) is 0 Å². The molecule has 2 aromatic rings. The van der Waals surface area contributed by atoms with Crippen LogP contribution in [0.3, 0.4) is 0 Å². The Morgan fingerprint density at radius 2 is 1.96 bits per heavy atom. The number of esters is 1. The quantitative estimate of drug-likeness (QED) is 0.406. The monoisotopic (exact) mass is 448 g/mol. The lowest BCUT2D eigenvalue weighted by atomic mass is 10.1. The van der Waals surface area contributed by atoms with Gasteiger partial charge in [0.2, 0.25) is 0 Å². The zero-order chi connectivity index (χ0) is 19.8.